The second kappa shape index (κ2) is 10.2. The maximum Gasteiger partial charge on any atom is 0.342 e. The van der Waals surface area contributed by atoms with Crippen LogP contribution in [-0.2, 0) is 0 Å². The maximum atomic E-state index is 13.4. The van der Waals surface area contributed by atoms with Gasteiger partial charge in [-0.3, -0.25) is 0 Å². The largest absolute Gasteiger partial charge is 0.493 e. The Hall–Kier alpha value is -1.58. The monoisotopic (exact) mass is 296 g/mol. The second-order valence-corrected chi connectivity index (χ2v) is 5.24. The van der Waals surface area contributed by atoms with E-state index in [1.165, 1.54) is 50.7 Å². The van der Waals surface area contributed by atoms with Gasteiger partial charge in [0.25, 0.3) is 0 Å². The smallest absolute Gasteiger partial charge is 0.342 e. The van der Waals surface area contributed by atoms with Gasteiger partial charge in [0, 0.05) is 0 Å². The van der Waals surface area contributed by atoms with Crippen LogP contribution in [-0.4, -0.2) is 17.7 Å². The third-order valence-corrected chi connectivity index (χ3v) is 3.44. The zero-order valence-electron chi connectivity index (χ0n) is 12.7. The topological polar surface area (TPSA) is 46.5 Å². The summed E-state index contributed by atoms with van der Waals surface area (Å²) in [6.07, 6.45) is 9.48. The van der Waals surface area contributed by atoms with Gasteiger partial charge in [-0.25, -0.2) is 9.18 Å². The van der Waals surface area contributed by atoms with Crippen molar-refractivity contribution in [3.63, 3.8) is 0 Å². The standard InChI is InChI=1S/C17H25FO3/c1-2-3-4-5-6-7-8-9-13-21-15-12-10-11-14(18)16(15)17(19)20/h10-12H,2-9,13H2,1H3,(H,19,20). The number of hydrogen-bond acceptors (Lipinski definition) is 2. The Morgan fingerprint density at radius 1 is 1.10 bits per heavy atom. The van der Waals surface area contributed by atoms with Gasteiger partial charge in [-0.15, -0.1) is 0 Å². The summed E-state index contributed by atoms with van der Waals surface area (Å²) in [5, 5.41) is 8.97. The van der Waals surface area contributed by atoms with Crippen LogP contribution in [0.3, 0.4) is 0 Å². The third-order valence-electron chi connectivity index (χ3n) is 3.44. The van der Waals surface area contributed by atoms with E-state index >= 15 is 0 Å². The van der Waals surface area contributed by atoms with E-state index in [4.69, 9.17) is 9.84 Å². The molecule has 0 spiro atoms. The zero-order valence-corrected chi connectivity index (χ0v) is 12.7. The summed E-state index contributed by atoms with van der Waals surface area (Å²) in [4.78, 5) is 11.0. The number of rotatable bonds is 11. The van der Waals surface area contributed by atoms with Crippen molar-refractivity contribution in [1.29, 1.82) is 0 Å². The molecular weight excluding hydrogens is 271 g/mol. The van der Waals surface area contributed by atoms with Crippen molar-refractivity contribution in [3.8, 4) is 5.75 Å². The number of benzene rings is 1. The first-order valence-corrected chi connectivity index (χ1v) is 7.81. The van der Waals surface area contributed by atoms with Gasteiger partial charge in [-0.2, -0.15) is 0 Å². The van der Waals surface area contributed by atoms with Gasteiger partial charge in [-0.05, 0) is 18.6 Å². The number of carboxylic acid groups (broad SMARTS) is 1. The molecule has 0 atom stereocenters. The van der Waals surface area contributed by atoms with Crippen molar-refractivity contribution in [1.82, 2.24) is 0 Å². The third kappa shape index (κ3) is 6.61. The molecule has 0 amide bonds. The molecule has 118 valence electrons. The summed E-state index contributed by atoms with van der Waals surface area (Å²) in [5.74, 6) is -1.93. The summed E-state index contributed by atoms with van der Waals surface area (Å²) in [5.41, 5.74) is -0.378. The molecule has 0 aliphatic heterocycles. The number of halogens is 1. The van der Waals surface area contributed by atoms with E-state index in [1.54, 1.807) is 0 Å². The van der Waals surface area contributed by atoms with E-state index in [0.29, 0.717) is 6.61 Å². The predicted octanol–water partition coefficient (Wildman–Crippen LogP) is 5.04. The minimum Gasteiger partial charge on any atom is -0.493 e. The van der Waals surface area contributed by atoms with Gasteiger partial charge in [0.05, 0.1) is 6.61 Å². The van der Waals surface area contributed by atoms with Gasteiger partial charge in [0.2, 0.25) is 0 Å². The summed E-state index contributed by atoms with van der Waals surface area (Å²) >= 11 is 0. The molecule has 21 heavy (non-hydrogen) atoms. The molecule has 4 heteroatoms. The highest BCUT2D eigenvalue weighted by Gasteiger charge is 2.16. The average Bonchev–Trinajstić information content (AvgIpc) is 2.45. The molecule has 0 saturated carbocycles. The summed E-state index contributed by atoms with van der Waals surface area (Å²) in [7, 11) is 0. The Kier molecular flexibility index (Phi) is 8.48. The molecule has 1 aromatic carbocycles. The van der Waals surface area contributed by atoms with Crippen molar-refractivity contribution in [2.75, 3.05) is 6.61 Å². The Labute approximate surface area is 126 Å². The molecule has 0 aromatic heterocycles. The van der Waals surface area contributed by atoms with Crippen molar-refractivity contribution in [2.45, 2.75) is 58.3 Å². The quantitative estimate of drug-likeness (QED) is 0.582. The minimum absolute atomic E-state index is 0.116. The molecule has 3 nitrogen and oxygen atoms in total. The molecule has 0 heterocycles. The first kappa shape index (κ1) is 17.5. The highest BCUT2D eigenvalue weighted by Crippen LogP contribution is 2.21. The van der Waals surface area contributed by atoms with Crippen molar-refractivity contribution in [3.05, 3.63) is 29.6 Å². The highest BCUT2D eigenvalue weighted by atomic mass is 19.1. The SMILES string of the molecule is CCCCCCCCCCOc1cccc(F)c1C(=O)O. The van der Waals surface area contributed by atoms with Crippen LogP contribution in [0.4, 0.5) is 4.39 Å². The van der Waals surface area contributed by atoms with Crippen molar-refractivity contribution in [2.24, 2.45) is 0 Å². The Morgan fingerprint density at radius 3 is 2.33 bits per heavy atom. The fourth-order valence-corrected chi connectivity index (χ4v) is 2.25. The molecular formula is C17H25FO3. The van der Waals surface area contributed by atoms with Crippen LogP contribution in [0.2, 0.25) is 0 Å². The fourth-order valence-electron chi connectivity index (χ4n) is 2.25. The van der Waals surface area contributed by atoms with Gasteiger partial charge < -0.3 is 9.84 Å². The van der Waals surface area contributed by atoms with E-state index in [1.807, 2.05) is 0 Å². The summed E-state index contributed by atoms with van der Waals surface area (Å²) < 4.78 is 18.8. The molecule has 0 aliphatic carbocycles. The van der Waals surface area contributed by atoms with E-state index in [9.17, 15) is 9.18 Å². The Balaban J connectivity index is 2.21. The molecule has 1 aromatic rings. The number of ether oxygens (including phenoxy) is 1. The maximum absolute atomic E-state index is 13.4. The zero-order chi connectivity index (χ0) is 15.5. The first-order valence-electron chi connectivity index (χ1n) is 7.81. The van der Waals surface area contributed by atoms with Crippen LogP contribution in [0.25, 0.3) is 0 Å². The van der Waals surface area contributed by atoms with Crippen LogP contribution >= 0.6 is 0 Å². The molecule has 0 aliphatic rings. The van der Waals surface area contributed by atoms with E-state index < -0.39 is 11.8 Å². The average molecular weight is 296 g/mol. The minimum atomic E-state index is -1.29. The van der Waals surface area contributed by atoms with Crippen molar-refractivity contribution >= 4 is 5.97 Å². The van der Waals surface area contributed by atoms with Gasteiger partial charge in [0.15, 0.2) is 0 Å². The lowest BCUT2D eigenvalue weighted by Crippen LogP contribution is -2.06. The molecule has 0 bridgehead atoms. The van der Waals surface area contributed by atoms with Crippen LogP contribution in [0.15, 0.2) is 18.2 Å². The van der Waals surface area contributed by atoms with Gasteiger partial charge in [0.1, 0.15) is 17.1 Å². The first-order chi connectivity index (χ1) is 10.2. The van der Waals surface area contributed by atoms with E-state index in [-0.39, 0.29) is 11.3 Å². The number of carbonyl (C=O) groups is 1. The number of unbranched alkanes of at least 4 members (excludes halogenated alkanes) is 7. The molecule has 0 saturated heterocycles. The molecule has 0 radical (unpaired) electrons. The lowest BCUT2D eigenvalue weighted by Gasteiger charge is -2.09. The lowest BCUT2D eigenvalue weighted by atomic mass is 10.1. The number of aromatic carboxylic acids is 1. The van der Waals surface area contributed by atoms with Crippen LogP contribution < -0.4 is 4.74 Å². The second-order valence-electron chi connectivity index (χ2n) is 5.24. The Bertz CT molecular complexity index is 432. The highest BCUT2D eigenvalue weighted by molar-refractivity contribution is 5.91. The molecule has 1 N–H and O–H groups in total. The van der Waals surface area contributed by atoms with Gasteiger partial charge in [-0.1, -0.05) is 57.9 Å². The Morgan fingerprint density at radius 2 is 1.71 bits per heavy atom. The van der Waals surface area contributed by atoms with Crippen LogP contribution in [0, 0.1) is 5.82 Å². The van der Waals surface area contributed by atoms with Crippen LogP contribution in [0.5, 0.6) is 5.75 Å². The predicted molar refractivity (Wildman–Crippen MR) is 81.5 cm³/mol. The summed E-state index contributed by atoms with van der Waals surface area (Å²) in [6.45, 7) is 2.63. The van der Waals surface area contributed by atoms with E-state index in [0.717, 1.165) is 18.9 Å². The molecule has 0 unspecified atom stereocenters. The fraction of sp³-hybridized carbons (Fsp3) is 0.588. The van der Waals surface area contributed by atoms with E-state index in [2.05, 4.69) is 6.92 Å². The normalized spacial score (nSPS) is 10.6. The lowest BCUT2D eigenvalue weighted by molar-refractivity contribution is 0.0686. The number of carboxylic acids is 1. The number of hydrogen-bond donors (Lipinski definition) is 1. The van der Waals surface area contributed by atoms with Gasteiger partial charge >= 0.3 is 5.97 Å². The molecule has 0 fully saturated rings. The van der Waals surface area contributed by atoms with Crippen LogP contribution in [0.1, 0.15) is 68.6 Å². The van der Waals surface area contributed by atoms with Crippen molar-refractivity contribution < 1.29 is 19.0 Å². The molecule has 1 rings (SSSR count). The summed E-state index contributed by atoms with van der Waals surface area (Å²) in [6, 6.07) is 4.09.